The quantitative estimate of drug-likeness (QED) is 0.806. The Bertz CT molecular complexity index is 713. The zero-order valence-corrected chi connectivity index (χ0v) is 14.2. The van der Waals surface area contributed by atoms with Crippen molar-refractivity contribution in [2.24, 2.45) is 5.73 Å². The molecule has 1 unspecified atom stereocenters. The van der Waals surface area contributed by atoms with Gasteiger partial charge in [0, 0.05) is 24.3 Å². The predicted octanol–water partition coefficient (Wildman–Crippen LogP) is 2.66. The molecule has 0 saturated heterocycles. The number of carbonyl (C=O) groups is 1. The molecule has 3 rings (SSSR count). The Morgan fingerprint density at radius 3 is 2.79 bits per heavy atom. The van der Waals surface area contributed by atoms with Gasteiger partial charge in [0.25, 0.3) is 0 Å². The van der Waals surface area contributed by atoms with Crippen molar-refractivity contribution in [2.75, 3.05) is 19.0 Å². The number of nitrogens with zero attached hydrogens (tertiary/aromatic N) is 1. The Balaban J connectivity index is 1.75. The standard InChI is InChI=1S/C17H20FN3O2S/c1-23-9-13(19)16(22)21-17-20-15(11-4-5-11)14(24-17)8-10-2-6-12(18)7-3-10/h2-3,6-7,11,13H,4-5,8-9,19H2,1H3,(H,20,21,22). The summed E-state index contributed by atoms with van der Waals surface area (Å²) in [5.41, 5.74) is 7.80. The van der Waals surface area contributed by atoms with Gasteiger partial charge in [0.05, 0.1) is 12.3 Å². The van der Waals surface area contributed by atoms with Crippen molar-refractivity contribution in [3.05, 3.63) is 46.2 Å². The van der Waals surface area contributed by atoms with Gasteiger partial charge in [-0.25, -0.2) is 9.37 Å². The van der Waals surface area contributed by atoms with Gasteiger partial charge in [-0.3, -0.25) is 4.79 Å². The molecule has 1 fully saturated rings. The number of carbonyl (C=O) groups excluding carboxylic acids is 1. The Hall–Kier alpha value is -1.83. The average molecular weight is 349 g/mol. The van der Waals surface area contributed by atoms with Crippen molar-refractivity contribution in [1.82, 2.24) is 4.98 Å². The SMILES string of the molecule is COCC(N)C(=O)Nc1nc(C2CC2)c(Cc2ccc(F)cc2)s1. The van der Waals surface area contributed by atoms with Crippen molar-refractivity contribution in [3.63, 3.8) is 0 Å². The molecule has 0 spiro atoms. The Kier molecular flexibility index (Phi) is 5.23. The van der Waals surface area contributed by atoms with E-state index >= 15 is 0 Å². The van der Waals surface area contributed by atoms with Crippen LogP contribution in [0.15, 0.2) is 24.3 Å². The first-order valence-electron chi connectivity index (χ1n) is 7.86. The lowest BCUT2D eigenvalue weighted by Gasteiger charge is -2.08. The summed E-state index contributed by atoms with van der Waals surface area (Å²) in [7, 11) is 1.50. The summed E-state index contributed by atoms with van der Waals surface area (Å²) in [5, 5.41) is 3.33. The molecule has 0 aliphatic heterocycles. The number of benzene rings is 1. The molecular formula is C17H20FN3O2S. The second-order valence-corrected chi connectivity index (χ2v) is 7.04. The number of aromatic nitrogens is 1. The van der Waals surface area contributed by atoms with E-state index in [1.54, 1.807) is 12.1 Å². The molecule has 128 valence electrons. The highest BCUT2D eigenvalue weighted by molar-refractivity contribution is 7.15. The highest BCUT2D eigenvalue weighted by Gasteiger charge is 2.30. The molecule has 1 saturated carbocycles. The number of halogens is 1. The number of amides is 1. The molecule has 1 aliphatic rings. The zero-order chi connectivity index (χ0) is 17.1. The number of rotatable bonds is 7. The summed E-state index contributed by atoms with van der Waals surface area (Å²) in [5.74, 6) is -0.0816. The van der Waals surface area contributed by atoms with Crippen LogP contribution in [0.4, 0.5) is 9.52 Å². The fourth-order valence-corrected chi connectivity index (χ4v) is 3.55. The van der Waals surface area contributed by atoms with E-state index in [0.717, 1.165) is 29.0 Å². The Morgan fingerprint density at radius 2 is 2.17 bits per heavy atom. The summed E-state index contributed by atoms with van der Waals surface area (Å²) >= 11 is 1.46. The van der Waals surface area contributed by atoms with E-state index in [1.807, 2.05) is 0 Å². The van der Waals surface area contributed by atoms with E-state index in [9.17, 15) is 9.18 Å². The summed E-state index contributed by atoms with van der Waals surface area (Å²) in [4.78, 5) is 17.7. The van der Waals surface area contributed by atoms with Crippen LogP contribution in [0.1, 0.15) is 34.9 Å². The number of ether oxygens (including phenoxy) is 1. The molecule has 1 aromatic carbocycles. The fraction of sp³-hybridized carbons (Fsp3) is 0.412. The third kappa shape index (κ3) is 4.17. The molecule has 0 bridgehead atoms. The van der Waals surface area contributed by atoms with Gasteiger partial charge in [0.2, 0.25) is 5.91 Å². The minimum Gasteiger partial charge on any atom is -0.383 e. The molecule has 24 heavy (non-hydrogen) atoms. The van der Waals surface area contributed by atoms with Crippen LogP contribution in [0, 0.1) is 5.82 Å². The predicted molar refractivity (Wildman–Crippen MR) is 91.8 cm³/mol. The van der Waals surface area contributed by atoms with Crippen molar-refractivity contribution < 1.29 is 13.9 Å². The van der Waals surface area contributed by atoms with Crippen LogP contribution in [-0.2, 0) is 16.0 Å². The molecule has 1 amide bonds. The second-order valence-electron chi connectivity index (χ2n) is 5.96. The van der Waals surface area contributed by atoms with Gasteiger partial charge in [-0.2, -0.15) is 0 Å². The highest BCUT2D eigenvalue weighted by Crippen LogP contribution is 2.44. The van der Waals surface area contributed by atoms with E-state index in [2.05, 4.69) is 10.3 Å². The average Bonchev–Trinajstić information content (AvgIpc) is 3.33. The van der Waals surface area contributed by atoms with Crippen LogP contribution in [0.5, 0.6) is 0 Å². The lowest BCUT2D eigenvalue weighted by Crippen LogP contribution is -2.39. The summed E-state index contributed by atoms with van der Waals surface area (Å²) in [6, 6.07) is 5.75. The molecule has 1 heterocycles. The van der Waals surface area contributed by atoms with Gasteiger partial charge in [0.1, 0.15) is 11.9 Å². The first kappa shape index (κ1) is 17.0. The number of nitrogens with one attached hydrogen (secondary N) is 1. The largest absolute Gasteiger partial charge is 0.383 e. The summed E-state index contributed by atoms with van der Waals surface area (Å²) in [6.07, 6.45) is 2.93. The molecule has 1 atom stereocenters. The van der Waals surface area contributed by atoms with Crippen molar-refractivity contribution in [2.45, 2.75) is 31.2 Å². The molecule has 5 nitrogen and oxygen atoms in total. The van der Waals surface area contributed by atoms with Crippen LogP contribution in [0.2, 0.25) is 0 Å². The number of methoxy groups -OCH3 is 1. The molecule has 7 heteroatoms. The first-order valence-corrected chi connectivity index (χ1v) is 8.68. The van der Waals surface area contributed by atoms with Gasteiger partial charge in [-0.15, -0.1) is 11.3 Å². The number of hydrogen-bond acceptors (Lipinski definition) is 5. The topological polar surface area (TPSA) is 77.2 Å². The molecular weight excluding hydrogens is 329 g/mol. The van der Waals surface area contributed by atoms with E-state index in [1.165, 1.54) is 30.6 Å². The number of nitrogens with two attached hydrogens (primary N) is 1. The van der Waals surface area contributed by atoms with Gasteiger partial charge >= 0.3 is 0 Å². The Morgan fingerprint density at radius 1 is 1.46 bits per heavy atom. The minimum atomic E-state index is -0.719. The molecule has 2 aromatic rings. The van der Waals surface area contributed by atoms with Gasteiger partial charge < -0.3 is 15.8 Å². The van der Waals surface area contributed by atoms with Crippen molar-refractivity contribution in [1.29, 1.82) is 0 Å². The lowest BCUT2D eigenvalue weighted by atomic mass is 10.1. The third-order valence-electron chi connectivity index (χ3n) is 3.88. The normalized spacial score (nSPS) is 15.3. The minimum absolute atomic E-state index is 0.162. The van der Waals surface area contributed by atoms with Crippen molar-refractivity contribution >= 4 is 22.4 Å². The second kappa shape index (κ2) is 7.38. The molecule has 3 N–H and O–H groups in total. The Labute approximate surface area is 144 Å². The maximum atomic E-state index is 13.0. The van der Waals surface area contributed by atoms with Gasteiger partial charge in [-0.05, 0) is 30.5 Å². The van der Waals surface area contributed by atoms with Gasteiger partial charge in [-0.1, -0.05) is 12.1 Å². The number of anilines is 1. The molecule has 1 aromatic heterocycles. The smallest absolute Gasteiger partial charge is 0.245 e. The maximum Gasteiger partial charge on any atom is 0.245 e. The van der Waals surface area contributed by atoms with Crippen LogP contribution < -0.4 is 11.1 Å². The van der Waals surface area contributed by atoms with E-state index in [4.69, 9.17) is 10.5 Å². The van der Waals surface area contributed by atoms with Crippen LogP contribution in [0.25, 0.3) is 0 Å². The van der Waals surface area contributed by atoms with E-state index in [-0.39, 0.29) is 18.3 Å². The van der Waals surface area contributed by atoms with Gasteiger partial charge in [0.15, 0.2) is 5.13 Å². The number of thiazole rings is 1. The fourth-order valence-electron chi connectivity index (χ4n) is 2.46. The monoisotopic (exact) mass is 349 g/mol. The van der Waals surface area contributed by atoms with E-state index in [0.29, 0.717) is 17.5 Å². The van der Waals surface area contributed by atoms with E-state index < -0.39 is 6.04 Å². The molecule has 1 aliphatic carbocycles. The summed E-state index contributed by atoms with van der Waals surface area (Å²) < 4.78 is 17.9. The van der Waals surface area contributed by atoms with Crippen LogP contribution in [-0.4, -0.2) is 30.6 Å². The van der Waals surface area contributed by atoms with Crippen LogP contribution >= 0.6 is 11.3 Å². The lowest BCUT2D eigenvalue weighted by molar-refractivity contribution is -0.118. The third-order valence-corrected chi connectivity index (χ3v) is 4.87. The van der Waals surface area contributed by atoms with Crippen LogP contribution in [0.3, 0.4) is 0 Å². The highest BCUT2D eigenvalue weighted by atomic mass is 32.1. The first-order chi connectivity index (χ1) is 11.6. The molecule has 0 radical (unpaired) electrons. The van der Waals surface area contributed by atoms with Crippen molar-refractivity contribution in [3.8, 4) is 0 Å². The summed E-state index contributed by atoms with van der Waals surface area (Å²) in [6.45, 7) is 0.162. The number of hydrogen-bond donors (Lipinski definition) is 2. The maximum absolute atomic E-state index is 13.0. The zero-order valence-electron chi connectivity index (χ0n) is 13.4.